The molecular formula is C68H141N9O13. The number of rotatable bonds is 26. The van der Waals surface area contributed by atoms with Gasteiger partial charge < -0.3 is 72.1 Å². The maximum absolute atomic E-state index is 11.9. The van der Waals surface area contributed by atoms with Crippen molar-refractivity contribution in [1.29, 1.82) is 0 Å². The van der Waals surface area contributed by atoms with Gasteiger partial charge in [-0.3, -0.25) is 29.3 Å². The van der Waals surface area contributed by atoms with E-state index in [1.54, 1.807) is 11.8 Å². The molecule has 0 aromatic carbocycles. The van der Waals surface area contributed by atoms with Crippen molar-refractivity contribution in [3.63, 3.8) is 0 Å². The Kier molecular flexibility index (Phi) is 49.1. The number of carbonyl (C=O) groups is 2. The fourth-order valence-corrected chi connectivity index (χ4v) is 9.30. The number of nitrogens with one attached hydrogen (secondary N) is 1. The Labute approximate surface area is 550 Å². The van der Waals surface area contributed by atoms with Crippen molar-refractivity contribution in [2.24, 2.45) is 11.3 Å². The fraction of sp³-hybridized carbons (Fsp3) is 0.971. The number of nitrogens with zero attached hydrogens (tertiary/aromatic N) is 8. The molecule has 7 fully saturated rings. The van der Waals surface area contributed by atoms with Crippen LogP contribution in [0.4, 0.5) is 4.79 Å². The Morgan fingerprint density at radius 1 is 0.456 bits per heavy atom. The average Bonchev–Trinajstić information content (AvgIpc) is 1.96. The molecule has 0 bridgehead atoms. The predicted octanol–water partition coefficient (Wildman–Crippen LogP) is 6.76. The number of ether oxygens (including phenoxy) is 11. The first-order chi connectivity index (χ1) is 42.5. The van der Waals surface area contributed by atoms with Crippen molar-refractivity contribution in [1.82, 2.24) is 44.5 Å². The first-order valence-corrected chi connectivity index (χ1v) is 34.8. The summed E-state index contributed by atoms with van der Waals surface area (Å²) < 4.78 is 59.0. The molecule has 0 spiro atoms. The molecule has 0 unspecified atom stereocenters. The molecule has 0 aliphatic carbocycles. The SMILES string of the molecule is CC(=O)N1CCN(CCOC(C)C)CC1.CC(C)OCC1(C)COC1.CC(C)OCC1COC1.CC(C)OCCN1CCN(C(=O)OC(C)(C)C)CC1.CC(C)OCCN1CCN(C)CC1.CC(C)OCCN1CCNCC1.CC(C)OCCN1CCOCC1. The van der Waals surface area contributed by atoms with Crippen LogP contribution in [0.3, 0.4) is 0 Å². The molecule has 22 heteroatoms. The zero-order valence-electron chi connectivity index (χ0n) is 61.5. The van der Waals surface area contributed by atoms with Crippen molar-refractivity contribution in [3.8, 4) is 0 Å². The summed E-state index contributed by atoms with van der Waals surface area (Å²) in [4.78, 5) is 41.0. The number of piperazine rings is 4. The van der Waals surface area contributed by atoms with Gasteiger partial charge in [-0.05, 0) is 125 Å². The van der Waals surface area contributed by atoms with E-state index in [-0.39, 0.29) is 18.1 Å². The minimum absolute atomic E-state index is 0.188. The molecule has 90 heavy (non-hydrogen) atoms. The summed E-state index contributed by atoms with van der Waals surface area (Å²) in [6, 6.07) is 0. The largest absolute Gasteiger partial charge is 0.444 e. The number of amides is 2. The highest BCUT2D eigenvalue weighted by Gasteiger charge is 2.34. The standard InChI is InChI=1S/C14H28N2O3.C11H22N2O2.C10H22N2O.C9H20N2O.C9H19NO2.C8H16O2.C7H14O2/c1-12(2)18-11-10-15-6-8-16(9-7-15)13(17)19-14(3,4)5;1-10(2)15-9-8-12-4-6-13(7-5-12)11(3)14;1-10(2)13-9-8-12-6-4-11(3)5-7-12;1-9(2)12-8-7-11-5-3-10-4-6-11;1-9(2)12-8-5-10-3-6-11-7-4-10;1-7(2)10-6-8(3)4-9-5-8;1-6(2)9-5-7-3-8-4-7/h12H,6-11H2,1-5H3;10H,4-9H2,1-3H3;10H,4-9H2,1-3H3;9-10H,3-8H2,1-2H3;9H,3-8H2,1-2H3;7H,4-6H2,1-3H3;6-7H,3-5H2,1-2H3. The molecule has 0 aromatic heterocycles. The Hall–Kier alpha value is -1.94. The number of likely N-dealkylation sites (N-methyl/N-ethyl adjacent to an activating group) is 1. The van der Waals surface area contributed by atoms with Gasteiger partial charge in [-0.15, -0.1) is 0 Å². The van der Waals surface area contributed by atoms with E-state index in [0.717, 1.165) is 197 Å². The van der Waals surface area contributed by atoms with Crippen molar-refractivity contribution < 1.29 is 61.7 Å². The van der Waals surface area contributed by atoms with Crippen LogP contribution in [-0.2, 0) is 56.9 Å². The minimum Gasteiger partial charge on any atom is -0.444 e. The molecule has 7 rings (SSSR count). The highest BCUT2D eigenvalue weighted by atomic mass is 16.6. The van der Waals surface area contributed by atoms with Crippen molar-refractivity contribution in [3.05, 3.63) is 0 Å². The van der Waals surface area contributed by atoms with Gasteiger partial charge in [0.2, 0.25) is 5.91 Å². The van der Waals surface area contributed by atoms with E-state index in [1.807, 2.05) is 53.4 Å². The Bertz CT molecular complexity index is 1650. The van der Waals surface area contributed by atoms with Gasteiger partial charge in [0.1, 0.15) is 5.60 Å². The molecule has 7 saturated heterocycles. The molecule has 0 saturated carbocycles. The predicted molar refractivity (Wildman–Crippen MR) is 364 cm³/mol. The average molecular weight is 1290 g/mol. The van der Waals surface area contributed by atoms with E-state index >= 15 is 0 Å². The lowest BCUT2D eigenvalue weighted by atomic mass is 9.90. The zero-order chi connectivity index (χ0) is 67.3. The third-order valence-electron chi connectivity index (χ3n) is 15.1. The highest BCUT2D eigenvalue weighted by Crippen LogP contribution is 2.27. The Morgan fingerprint density at radius 2 is 0.800 bits per heavy atom. The molecule has 536 valence electrons. The molecule has 0 aromatic rings. The second-order valence-electron chi connectivity index (χ2n) is 27.9. The van der Waals surface area contributed by atoms with E-state index in [9.17, 15) is 9.59 Å². The van der Waals surface area contributed by atoms with Crippen LogP contribution in [0.15, 0.2) is 0 Å². The van der Waals surface area contributed by atoms with Gasteiger partial charge >= 0.3 is 6.09 Å². The number of morpholine rings is 1. The second-order valence-corrected chi connectivity index (χ2v) is 27.9. The molecule has 1 N–H and O–H groups in total. The van der Waals surface area contributed by atoms with E-state index in [0.29, 0.717) is 48.0 Å². The van der Waals surface area contributed by atoms with Gasteiger partial charge in [0.05, 0.1) is 129 Å². The smallest absolute Gasteiger partial charge is 0.410 e. The van der Waals surface area contributed by atoms with Gasteiger partial charge in [0.25, 0.3) is 0 Å². The van der Waals surface area contributed by atoms with Gasteiger partial charge in [0, 0.05) is 169 Å². The van der Waals surface area contributed by atoms with Crippen LogP contribution in [0.5, 0.6) is 0 Å². The lowest BCUT2D eigenvalue weighted by Gasteiger charge is -2.38. The molecule has 22 nitrogen and oxygen atoms in total. The summed E-state index contributed by atoms with van der Waals surface area (Å²) in [7, 11) is 2.18. The molecule has 0 radical (unpaired) electrons. The van der Waals surface area contributed by atoms with Crippen LogP contribution in [-0.4, -0.2) is 343 Å². The number of hydrogen-bond donors (Lipinski definition) is 1. The van der Waals surface area contributed by atoms with Gasteiger partial charge in [0.15, 0.2) is 0 Å². The molecule has 7 aliphatic rings. The van der Waals surface area contributed by atoms with Crippen LogP contribution in [0.2, 0.25) is 0 Å². The fourth-order valence-electron chi connectivity index (χ4n) is 9.30. The first-order valence-electron chi connectivity index (χ1n) is 34.8. The van der Waals surface area contributed by atoms with Gasteiger partial charge in [-0.1, -0.05) is 6.92 Å². The van der Waals surface area contributed by atoms with Crippen LogP contribution in [0, 0.1) is 11.3 Å². The topological polar surface area (TPSA) is 174 Å². The summed E-state index contributed by atoms with van der Waals surface area (Å²) in [5, 5.41) is 3.33. The summed E-state index contributed by atoms with van der Waals surface area (Å²) in [5.41, 5.74) is -0.108. The highest BCUT2D eigenvalue weighted by molar-refractivity contribution is 5.73. The van der Waals surface area contributed by atoms with Crippen molar-refractivity contribution in [2.75, 3.05) is 243 Å². The number of hydrogen-bond acceptors (Lipinski definition) is 20. The summed E-state index contributed by atoms with van der Waals surface area (Å²) in [5.74, 6) is 0.862. The van der Waals surface area contributed by atoms with E-state index in [1.165, 1.54) is 39.3 Å². The second kappa shape index (κ2) is 51.3. The van der Waals surface area contributed by atoms with E-state index < -0.39 is 5.60 Å². The van der Waals surface area contributed by atoms with Crippen LogP contribution in [0.1, 0.15) is 132 Å². The maximum atomic E-state index is 11.9. The molecular weight excluding hydrogens is 1150 g/mol. The lowest BCUT2D eigenvalue weighted by molar-refractivity contribution is -0.145. The molecule has 7 heterocycles. The summed E-state index contributed by atoms with van der Waals surface area (Å²) in [6.07, 6.45) is 2.19. The van der Waals surface area contributed by atoms with Crippen LogP contribution < -0.4 is 5.32 Å². The van der Waals surface area contributed by atoms with Gasteiger partial charge in [-0.25, -0.2) is 4.79 Å². The molecule has 0 atom stereocenters. The third kappa shape index (κ3) is 49.6. The lowest BCUT2D eigenvalue weighted by Crippen LogP contribution is -2.50. The Morgan fingerprint density at radius 3 is 1.11 bits per heavy atom. The Balaban J connectivity index is 0.000000531. The maximum Gasteiger partial charge on any atom is 0.410 e. The van der Waals surface area contributed by atoms with Crippen molar-refractivity contribution in [2.45, 2.75) is 180 Å². The van der Waals surface area contributed by atoms with Crippen LogP contribution >= 0.6 is 0 Å². The normalized spacial score (nSPS) is 19.9. The van der Waals surface area contributed by atoms with E-state index in [4.69, 9.17) is 52.1 Å². The monoisotopic (exact) mass is 1290 g/mol. The summed E-state index contributed by atoms with van der Waals surface area (Å²) in [6.45, 7) is 73.0. The van der Waals surface area contributed by atoms with Gasteiger partial charge in [-0.2, -0.15) is 0 Å². The van der Waals surface area contributed by atoms with Crippen LogP contribution in [0.25, 0.3) is 0 Å². The molecule has 7 aliphatic heterocycles. The number of carbonyl (C=O) groups excluding carboxylic acids is 2. The van der Waals surface area contributed by atoms with E-state index in [2.05, 4.69) is 118 Å². The summed E-state index contributed by atoms with van der Waals surface area (Å²) >= 11 is 0. The third-order valence-corrected chi connectivity index (χ3v) is 15.1. The first kappa shape index (κ1) is 86.1. The quantitative estimate of drug-likeness (QED) is 0.0961. The minimum atomic E-state index is -0.417. The van der Waals surface area contributed by atoms with Crippen molar-refractivity contribution >= 4 is 12.0 Å². The molecule has 2 amide bonds. The zero-order valence-corrected chi connectivity index (χ0v) is 61.5.